The molecule has 0 unspecified atom stereocenters. The maximum Gasteiger partial charge on any atom is 0.260 e. The molecule has 0 spiro atoms. The van der Waals surface area contributed by atoms with Gasteiger partial charge in [-0.15, -0.1) is 0 Å². The van der Waals surface area contributed by atoms with E-state index in [0.29, 0.717) is 28.1 Å². The van der Waals surface area contributed by atoms with E-state index in [1.54, 1.807) is 60.9 Å². The normalized spacial score (nSPS) is 10.7. The molecule has 0 aliphatic rings. The first-order valence-electron chi connectivity index (χ1n) is 7.61. The summed E-state index contributed by atoms with van der Waals surface area (Å²) in [4.78, 5) is 31.6. The molecule has 122 valence electrons. The molecule has 4 aromatic rings. The summed E-state index contributed by atoms with van der Waals surface area (Å²) >= 11 is 0. The Kier molecular flexibility index (Phi) is 3.59. The third-order valence-electron chi connectivity index (χ3n) is 3.71. The third kappa shape index (κ3) is 2.90. The smallest absolute Gasteiger partial charge is 0.260 e. The second-order valence-corrected chi connectivity index (χ2v) is 5.39. The van der Waals surface area contributed by atoms with Crippen molar-refractivity contribution in [1.29, 1.82) is 0 Å². The Labute approximate surface area is 142 Å². The van der Waals surface area contributed by atoms with Crippen LogP contribution < -0.4 is 10.9 Å². The van der Waals surface area contributed by atoms with Crippen LogP contribution in [0.5, 0.6) is 0 Å². The van der Waals surface area contributed by atoms with Gasteiger partial charge in [-0.05, 0) is 36.4 Å². The lowest BCUT2D eigenvalue weighted by molar-refractivity contribution is 0.102. The molecule has 0 atom stereocenters. The Bertz CT molecular complexity index is 1100. The van der Waals surface area contributed by atoms with Gasteiger partial charge in [0.2, 0.25) is 5.95 Å². The predicted octanol–water partition coefficient (Wildman–Crippen LogP) is 2.36. The molecular weight excluding hydrogens is 318 g/mol. The second kappa shape index (κ2) is 6.04. The fourth-order valence-corrected chi connectivity index (χ4v) is 2.50. The number of carbonyl (C=O) groups excluding carboxylic acids is 1. The van der Waals surface area contributed by atoms with Gasteiger partial charge in [-0.2, -0.15) is 5.10 Å². The number of nitrogens with one attached hydrogen (secondary N) is 2. The molecule has 0 radical (unpaired) electrons. The molecule has 0 fully saturated rings. The molecule has 0 aliphatic carbocycles. The lowest BCUT2D eigenvalue weighted by atomic mass is 10.2. The van der Waals surface area contributed by atoms with Crippen molar-refractivity contribution in [1.82, 2.24) is 19.7 Å². The highest BCUT2D eigenvalue weighted by Crippen LogP contribution is 2.16. The molecular formula is C18H13N5O2. The Morgan fingerprint density at radius 2 is 1.92 bits per heavy atom. The molecule has 25 heavy (non-hydrogen) atoms. The van der Waals surface area contributed by atoms with E-state index >= 15 is 0 Å². The summed E-state index contributed by atoms with van der Waals surface area (Å²) in [7, 11) is 0. The quantitative estimate of drug-likeness (QED) is 0.603. The van der Waals surface area contributed by atoms with Gasteiger partial charge in [0.05, 0.1) is 10.9 Å². The van der Waals surface area contributed by atoms with Crippen LogP contribution in [-0.4, -0.2) is 25.7 Å². The van der Waals surface area contributed by atoms with E-state index in [4.69, 9.17) is 0 Å². The fraction of sp³-hybridized carbons (Fsp3) is 0. The minimum absolute atomic E-state index is 0.238. The zero-order chi connectivity index (χ0) is 17.2. The van der Waals surface area contributed by atoms with E-state index in [1.807, 2.05) is 6.07 Å². The van der Waals surface area contributed by atoms with Crippen LogP contribution in [0.1, 0.15) is 10.4 Å². The molecule has 0 bridgehead atoms. The van der Waals surface area contributed by atoms with Crippen molar-refractivity contribution in [3.05, 3.63) is 82.9 Å². The number of hydrogen-bond acceptors (Lipinski definition) is 4. The minimum atomic E-state index is -0.300. The van der Waals surface area contributed by atoms with Crippen LogP contribution >= 0.6 is 0 Å². The number of carbonyl (C=O) groups is 1. The number of H-pyrrole nitrogens is 1. The summed E-state index contributed by atoms with van der Waals surface area (Å²) in [6.07, 6.45) is 3.30. The zero-order valence-electron chi connectivity index (χ0n) is 13.0. The number of aromatic amines is 1. The van der Waals surface area contributed by atoms with Crippen LogP contribution in [0.3, 0.4) is 0 Å². The van der Waals surface area contributed by atoms with Gasteiger partial charge in [-0.3, -0.25) is 14.6 Å². The summed E-state index contributed by atoms with van der Waals surface area (Å²) in [6.45, 7) is 0. The molecule has 7 nitrogen and oxygen atoms in total. The summed E-state index contributed by atoms with van der Waals surface area (Å²) in [6, 6.07) is 15.6. The largest absolute Gasteiger partial charge is 0.322 e. The van der Waals surface area contributed by atoms with Crippen molar-refractivity contribution in [2.24, 2.45) is 0 Å². The maximum atomic E-state index is 12.4. The lowest BCUT2D eigenvalue weighted by Crippen LogP contribution is -2.15. The number of amides is 1. The fourth-order valence-electron chi connectivity index (χ4n) is 2.50. The molecule has 0 aliphatic heterocycles. The van der Waals surface area contributed by atoms with Gasteiger partial charge < -0.3 is 5.32 Å². The zero-order valence-corrected chi connectivity index (χ0v) is 13.0. The van der Waals surface area contributed by atoms with Crippen LogP contribution in [0.15, 0.2) is 71.8 Å². The maximum absolute atomic E-state index is 12.4. The van der Waals surface area contributed by atoms with Crippen LogP contribution in [-0.2, 0) is 0 Å². The monoisotopic (exact) mass is 331 g/mol. The Hall–Kier alpha value is -3.74. The van der Waals surface area contributed by atoms with Crippen molar-refractivity contribution in [3.8, 4) is 5.95 Å². The van der Waals surface area contributed by atoms with E-state index < -0.39 is 0 Å². The van der Waals surface area contributed by atoms with E-state index in [9.17, 15) is 9.59 Å². The summed E-state index contributed by atoms with van der Waals surface area (Å²) in [5.41, 5.74) is 1.29. The van der Waals surface area contributed by atoms with Crippen molar-refractivity contribution >= 4 is 22.5 Å². The molecule has 2 aromatic carbocycles. The van der Waals surface area contributed by atoms with Crippen molar-refractivity contribution in [3.63, 3.8) is 0 Å². The van der Waals surface area contributed by atoms with Crippen LogP contribution in [0, 0.1) is 0 Å². The number of hydrogen-bond donors (Lipinski definition) is 2. The molecule has 2 heterocycles. The highest BCUT2D eigenvalue weighted by molar-refractivity contribution is 6.05. The lowest BCUT2D eigenvalue weighted by Gasteiger charge is -2.07. The van der Waals surface area contributed by atoms with Gasteiger partial charge in [0, 0.05) is 23.6 Å². The summed E-state index contributed by atoms with van der Waals surface area (Å²) in [5, 5.41) is 7.23. The number of nitrogens with zero attached hydrogens (tertiary/aromatic N) is 3. The molecule has 0 saturated carbocycles. The average Bonchev–Trinajstić information content (AvgIpc) is 3.17. The van der Waals surface area contributed by atoms with E-state index in [-0.39, 0.29) is 11.5 Å². The number of benzene rings is 2. The molecule has 7 heteroatoms. The molecule has 1 amide bonds. The van der Waals surface area contributed by atoms with Crippen molar-refractivity contribution < 1.29 is 4.79 Å². The highest BCUT2D eigenvalue weighted by atomic mass is 16.1. The molecule has 0 saturated heterocycles. The SMILES string of the molecule is O=C(Nc1ccc2nc(-n3cccn3)[nH]c(=O)c2c1)c1ccccc1. The number of rotatable bonds is 3. The third-order valence-corrected chi connectivity index (χ3v) is 3.71. The van der Waals surface area contributed by atoms with E-state index in [2.05, 4.69) is 20.4 Å². The van der Waals surface area contributed by atoms with E-state index in [0.717, 1.165) is 0 Å². The van der Waals surface area contributed by atoms with Crippen LogP contribution in [0.2, 0.25) is 0 Å². The van der Waals surface area contributed by atoms with Gasteiger partial charge in [-0.1, -0.05) is 18.2 Å². The van der Waals surface area contributed by atoms with Crippen LogP contribution in [0.25, 0.3) is 16.9 Å². The number of aromatic nitrogens is 4. The van der Waals surface area contributed by atoms with Crippen LogP contribution in [0.4, 0.5) is 5.69 Å². The highest BCUT2D eigenvalue weighted by Gasteiger charge is 2.09. The first-order valence-corrected chi connectivity index (χ1v) is 7.61. The number of fused-ring (bicyclic) bond motifs is 1. The molecule has 2 N–H and O–H groups in total. The number of anilines is 1. The van der Waals surface area contributed by atoms with Crippen molar-refractivity contribution in [2.75, 3.05) is 5.32 Å². The van der Waals surface area contributed by atoms with E-state index in [1.165, 1.54) is 4.68 Å². The first kappa shape index (κ1) is 14.8. The Balaban J connectivity index is 1.69. The van der Waals surface area contributed by atoms with Gasteiger partial charge >= 0.3 is 0 Å². The molecule has 4 rings (SSSR count). The summed E-state index contributed by atoms with van der Waals surface area (Å²) < 4.78 is 1.48. The second-order valence-electron chi connectivity index (χ2n) is 5.39. The molecule has 2 aromatic heterocycles. The Morgan fingerprint density at radius 1 is 1.08 bits per heavy atom. The summed E-state index contributed by atoms with van der Waals surface area (Å²) in [5.74, 6) is 0.0982. The predicted molar refractivity (Wildman–Crippen MR) is 93.9 cm³/mol. The Morgan fingerprint density at radius 3 is 2.68 bits per heavy atom. The van der Waals surface area contributed by atoms with Gasteiger partial charge in [0.25, 0.3) is 11.5 Å². The van der Waals surface area contributed by atoms with Gasteiger partial charge in [-0.25, -0.2) is 9.67 Å². The average molecular weight is 331 g/mol. The topological polar surface area (TPSA) is 92.7 Å². The minimum Gasteiger partial charge on any atom is -0.322 e. The van der Waals surface area contributed by atoms with Gasteiger partial charge in [0.15, 0.2) is 0 Å². The van der Waals surface area contributed by atoms with Gasteiger partial charge in [0.1, 0.15) is 0 Å². The standard InChI is InChI=1S/C18H13N5O2/c24-16(12-5-2-1-3-6-12)20-13-7-8-15-14(11-13)17(25)22-18(21-15)23-10-4-9-19-23/h1-11H,(H,20,24)(H,21,22,25). The first-order chi connectivity index (χ1) is 12.2. The van der Waals surface area contributed by atoms with Crippen molar-refractivity contribution in [2.45, 2.75) is 0 Å².